The first-order chi connectivity index (χ1) is 11.2. The Morgan fingerprint density at radius 1 is 0.783 bits per heavy atom. The summed E-state index contributed by atoms with van der Waals surface area (Å²) >= 11 is 0. The predicted molar refractivity (Wildman–Crippen MR) is 89.1 cm³/mol. The van der Waals surface area contributed by atoms with E-state index in [-0.39, 0.29) is 0 Å². The minimum absolute atomic E-state index is 0.514. The largest absolute Gasteiger partial charge is 0.451 e. The quantitative estimate of drug-likeness (QED) is 0.487. The van der Waals surface area contributed by atoms with Gasteiger partial charge in [-0.1, -0.05) is 42.5 Å². The first kappa shape index (κ1) is 11.9. The molecule has 1 heterocycles. The van der Waals surface area contributed by atoms with Gasteiger partial charge in [0.2, 0.25) is 0 Å². The fraction of sp³-hybridized carbons (Fsp3) is 0.100. The van der Waals surface area contributed by atoms with E-state index in [2.05, 4.69) is 42.5 Å². The van der Waals surface area contributed by atoms with Gasteiger partial charge in [-0.3, -0.25) is 0 Å². The molecule has 0 amide bonds. The Labute approximate surface area is 131 Å². The molecule has 4 aromatic rings. The van der Waals surface area contributed by atoms with Gasteiger partial charge in [0, 0.05) is 5.56 Å². The van der Waals surface area contributed by atoms with Crippen LogP contribution < -0.4 is 0 Å². The molecule has 4 aromatic carbocycles. The molecule has 0 saturated carbocycles. The van der Waals surface area contributed by atoms with Gasteiger partial charge in [0.1, 0.15) is 12.2 Å². The van der Waals surface area contributed by atoms with Crippen LogP contribution in [0.4, 0.5) is 0 Å². The average molecular weight is 300 g/mol. The molecule has 1 aliphatic carbocycles. The van der Waals surface area contributed by atoms with Crippen molar-refractivity contribution in [3.8, 4) is 0 Å². The van der Waals surface area contributed by atoms with Crippen LogP contribution in [0.3, 0.4) is 0 Å². The zero-order chi connectivity index (χ0) is 15.3. The Morgan fingerprint density at radius 2 is 1.52 bits per heavy atom. The van der Waals surface area contributed by atoms with E-state index in [4.69, 9.17) is 4.74 Å². The molecule has 1 aliphatic heterocycles. The maximum atomic E-state index is 10.4. The smallest absolute Gasteiger partial charge is 0.179 e. The lowest BCUT2D eigenvalue weighted by molar-refractivity contribution is 0.0326. The Morgan fingerprint density at radius 3 is 2.35 bits per heavy atom. The van der Waals surface area contributed by atoms with E-state index < -0.39 is 12.2 Å². The molecule has 2 atom stereocenters. The Hall–Kier alpha value is -2.62. The molecule has 23 heavy (non-hydrogen) atoms. The van der Waals surface area contributed by atoms with Crippen LogP contribution in [0.1, 0.15) is 17.2 Å². The normalized spacial score (nSPS) is 22.5. The second-order valence-electron chi connectivity index (χ2n) is 6.38. The van der Waals surface area contributed by atoms with Gasteiger partial charge in [-0.05, 0) is 43.9 Å². The highest BCUT2D eigenvalue weighted by Gasteiger charge is 2.45. The van der Waals surface area contributed by atoms with Crippen LogP contribution in [0.5, 0.6) is 0 Å². The lowest BCUT2D eigenvalue weighted by Crippen LogP contribution is -2.20. The van der Waals surface area contributed by atoms with E-state index in [1.807, 2.05) is 6.07 Å². The molecule has 3 heteroatoms. The molecule has 0 bridgehead atoms. The molecule has 110 valence electrons. The zero-order valence-electron chi connectivity index (χ0n) is 12.1. The van der Waals surface area contributed by atoms with Crippen LogP contribution in [-0.2, 0) is 4.74 Å². The van der Waals surface area contributed by atoms with Crippen LogP contribution in [0.2, 0.25) is 0 Å². The second kappa shape index (κ2) is 3.65. The van der Waals surface area contributed by atoms with Gasteiger partial charge < -0.3 is 14.9 Å². The summed E-state index contributed by atoms with van der Waals surface area (Å²) in [6.07, 6.45) is -1.89. The van der Waals surface area contributed by atoms with E-state index in [1.54, 1.807) is 0 Å². The molecule has 0 aromatic heterocycles. The Balaban J connectivity index is 1.89. The van der Waals surface area contributed by atoms with Crippen molar-refractivity contribution in [1.29, 1.82) is 0 Å². The molecule has 6 rings (SSSR count). The van der Waals surface area contributed by atoms with Crippen LogP contribution >= 0.6 is 0 Å². The van der Waals surface area contributed by atoms with Crippen LogP contribution in [0.15, 0.2) is 54.3 Å². The molecule has 0 spiro atoms. The third-order valence-electron chi connectivity index (χ3n) is 5.19. The summed E-state index contributed by atoms with van der Waals surface area (Å²) in [4.78, 5) is 0. The highest BCUT2D eigenvalue weighted by atomic mass is 16.6. The van der Waals surface area contributed by atoms with Gasteiger partial charge in [0.05, 0.1) is 0 Å². The molecule has 0 unspecified atom stereocenters. The molecule has 0 saturated heterocycles. The average Bonchev–Trinajstić information content (AvgIpc) is 3.37. The van der Waals surface area contributed by atoms with Crippen LogP contribution in [0, 0.1) is 0 Å². The van der Waals surface area contributed by atoms with Crippen molar-refractivity contribution in [2.75, 3.05) is 0 Å². The van der Waals surface area contributed by atoms with Crippen LogP contribution in [0.25, 0.3) is 38.1 Å². The van der Waals surface area contributed by atoms with E-state index in [0.29, 0.717) is 5.76 Å². The number of hydrogen-bond donors (Lipinski definition) is 2. The molecule has 2 N–H and O–H groups in total. The monoisotopic (exact) mass is 300 g/mol. The lowest BCUT2D eigenvalue weighted by atomic mass is 9.84. The van der Waals surface area contributed by atoms with Crippen LogP contribution in [-0.4, -0.2) is 16.3 Å². The number of ether oxygens (including phenoxy) is 1. The maximum absolute atomic E-state index is 10.4. The fourth-order valence-electron chi connectivity index (χ4n) is 4.09. The third-order valence-corrected chi connectivity index (χ3v) is 5.19. The third kappa shape index (κ3) is 1.29. The van der Waals surface area contributed by atoms with Gasteiger partial charge in [-0.2, -0.15) is 0 Å². The van der Waals surface area contributed by atoms with Gasteiger partial charge in [0.25, 0.3) is 0 Å². The molecule has 2 aliphatic rings. The molecular formula is C20H12O3. The number of aliphatic hydroxyl groups is 2. The van der Waals surface area contributed by atoms with E-state index in [1.165, 1.54) is 21.5 Å². The summed E-state index contributed by atoms with van der Waals surface area (Å²) in [6, 6.07) is 16.7. The molecular weight excluding hydrogens is 288 g/mol. The lowest BCUT2D eigenvalue weighted by Gasteiger charge is -2.21. The molecule has 3 nitrogen and oxygen atoms in total. The minimum atomic E-state index is -0.953. The maximum Gasteiger partial charge on any atom is 0.179 e. The van der Waals surface area contributed by atoms with Crippen molar-refractivity contribution >= 4 is 38.1 Å². The number of fused-ring (bicyclic) bond motifs is 3. The summed E-state index contributed by atoms with van der Waals surface area (Å²) in [6.45, 7) is 0. The van der Waals surface area contributed by atoms with Crippen molar-refractivity contribution in [2.24, 2.45) is 0 Å². The first-order valence-electron chi connectivity index (χ1n) is 7.73. The van der Waals surface area contributed by atoms with E-state index >= 15 is 0 Å². The van der Waals surface area contributed by atoms with E-state index in [0.717, 1.165) is 27.7 Å². The van der Waals surface area contributed by atoms with Gasteiger partial charge in [-0.25, -0.2) is 0 Å². The Bertz CT molecular complexity index is 1160. The highest BCUT2D eigenvalue weighted by molar-refractivity contribution is 6.25. The van der Waals surface area contributed by atoms with Crippen molar-refractivity contribution in [1.82, 2.24) is 0 Å². The number of hydrogen-bond acceptors (Lipinski definition) is 3. The number of aliphatic hydroxyl groups excluding tert-OH is 2. The first-order valence-corrected chi connectivity index (χ1v) is 7.73. The SMILES string of the molecule is O[C@@H]1C2=C(O2)c2c(cc3ccc4cccc5ccc2c3c45)[C@H]1O. The number of benzene rings is 4. The fourth-order valence-corrected chi connectivity index (χ4v) is 4.09. The summed E-state index contributed by atoms with van der Waals surface area (Å²) in [7, 11) is 0. The topological polar surface area (TPSA) is 53.0 Å². The Kier molecular flexibility index (Phi) is 1.88. The summed E-state index contributed by atoms with van der Waals surface area (Å²) in [5.41, 5.74) is 1.68. The van der Waals surface area contributed by atoms with Crippen molar-refractivity contribution in [2.45, 2.75) is 12.2 Å². The van der Waals surface area contributed by atoms with Crippen molar-refractivity contribution < 1.29 is 14.9 Å². The standard InChI is InChI=1S/C20H12O3/c21-17-13-8-11-5-4-9-2-1-3-10-6-7-12(15(11)14(9)10)16(13)19-20(23-19)18(17)22/h1-8,17-18,21-22H/t17-,18+/m1/s1. The summed E-state index contributed by atoms with van der Waals surface area (Å²) in [5.74, 6) is 1.25. The highest BCUT2D eigenvalue weighted by Crippen LogP contribution is 2.52. The minimum Gasteiger partial charge on any atom is -0.451 e. The number of rotatable bonds is 0. The summed E-state index contributed by atoms with van der Waals surface area (Å²) in [5, 5.41) is 27.6. The second-order valence-corrected chi connectivity index (χ2v) is 6.38. The summed E-state index contributed by atoms with van der Waals surface area (Å²) < 4.78 is 5.50. The molecule has 0 fully saturated rings. The van der Waals surface area contributed by atoms with E-state index in [9.17, 15) is 10.2 Å². The predicted octanol–water partition coefficient (Wildman–Crippen LogP) is 3.69. The zero-order valence-corrected chi connectivity index (χ0v) is 12.1. The van der Waals surface area contributed by atoms with Gasteiger partial charge in [0.15, 0.2) is 11.5 Å². The van der Waals surface area contributed by atoms with Crippen molar-refractivity contribution in [3.05, 3.63) is 65.4 Å². The van der Waals surface area contributed by atoms with Gasteiger partial charge in [-0.15, -0.1) is 0 Å². The molecule has 0 radical (unpaired) electrons. The van der Waals surface area contributed by atoms with Gasteiger partial charge >= 0.3 is 0 Å². The van der Waals surface area contributed by atoms with Crippen molar-refractivity contribution in [3.63, 3.8) is 0 Å².